The molecular weight excluding hydrogens is 516 g/mol. The zero-order valence-electron chi connectivity index (χ0n) is 24.9. The van der Waals surface area contributed by atoms with Crippen LogP contribution in [0.1, 0.15) is 93.7 Å². The van der Waals surface area contributed by atoms with Gasteiger partial charge >= 0.3 is 0 Å². The molecule has 1 aliphatic carbocycles. The van der Waals surface area contributed by atoms with Crippen LogP contribution in [0.15, 0.2) is 42.9 Å². The Labute approximate surface area is 244 Å². The summed E-state index contributed by atoms with van der Waals surface area (Å²) in [6.45, 7) is 17.7. The van der Waals surface area contributed by atoms with Gasteiger partial charge in [0.1, 0.15) is 11.3 Å². The van der Waals surface area contributed by atoms with Gasteiger partial charge in [0.15, 0.2) is 5.82 Å². The molecule has 1 unspecified atom stereocenters. The van der Waals surface area contributed by atoms with Gasteiger partial charge in [0.2, 0.25) is 0 Å². The minimum Gasteiger partial charge on any atom is -0.375 e. The topological polar surface area (TPSA) is 36.3 Å². The molecule has 1 aromatic heterocycles. The van der Waals surface area contributed by atoms with E-state index in [0.29, 0.717) is 28.4 Å². The number of hydrogen-bond donors (Lipinski definition) is 1. The number of aromatic nitrogens is 2. The fraction of sp³-hybridized carbons (Fsp3) is 0.618. The highest BCUT2D eigenvalue weighted by molar-refractivity contribution is 5.84. The lowest BCUT2D eigenvalue weighted by Gasteiger charge is -2.41. The molecule has 4 fully saturated rings. The van der Waals surface area contributed by atoms with Gasteiger partial charge in [-0.15, -0.1) is 0 Å². The molecule has 4 aliphatic rings. The Morgan fingerprint density at radius 3 is 2.37 bits per heavy atom. The normalized spacial score (nSPS) is 24.3. The number of likely N-dealkylation sites (tertiary alicyclic amines) is 2. The van der Waals surface area contributed by atoms with E-state index in [1.54, 1.807) is 11.7 Å². The minimum absolute atomic E-state index is 0.0886. The van der Waals surface area contributed by atoms with Crippen molar-refractivity contribution in [3.8, 4) is 0 Å². The van der Waals surface area contributed by atoms with E-state index in [1.165, 1.54) is 56.7 Å². The third kappa shape index (κ3) is 5.71. The molecule has 7 heteroatoms. The molecule has 3 aliphatic heterocycles. The average Bonchev–Trinajstić information content (AvgIpc) is 3.30. The first kappa shape index (κ1) is 28.4. The van der Waals surface area contributed by atoms with Gasteiger partial charge < -0.3 is 15.1 Å². The third-order valence-corrected chi connectivity index (χ3v) is 10.5. The van der Waals surface area contributed by atoms with Crippen LogP contribution in [0.5, 0.6) is 0 Å². The van der Waals surface area contributed by atoms with Crippen LogP contribution in [-0.2, 0) is 7.05 Å². The molecule has 2 aromatic rings. The molecule has 6 rings (SSSR count). The van der Waals surface area contributed by atoms with E-state index in [0.717, 1.165) is 69.8 Å². The summed E-state index contributed by atoms with van der Waals surface area (Å²) in [6.07, 6.45) is 12.3. The fourth-order valence-electron chi connectivity index (χ4n) is 8.07. The van der Waals surface area contributed by atoms with Crippen molar-refractivity contribution < 1.29 is 8.78 Å². The second-order valence-electron chi connectivity index (χ2n) is 13.2. The van der Waals surface area contributed by atoms with E-state index < -0.39 is 11.6 Å². The number of nitrogens with zero attached hydrogens (tertiary/aromatic N) is 4. The molecule has 0 spiro atoms. The summed E-state index contributed by atoms with van der Waals surface area (Å²) in [5, 5.41) is 8.43. The van der Waals surface area contributed by atoms with Crippen molar-refractivity contribution in [3.63, 3.8) is 0 Å². The number of halogens is 2. The second kappa shape index (κ2) is 11.9. The maximum atomic E-state index is 16.0. The zero-order chi connectivity index (χ0) is 28.7. The van der Waals surface area contributed by atoms with Gasteiger partial charge in [0, 0.05) is 60.6 Å². The molecule has 222 valence electrons. The van der Waals surface area contributed by atoms with Crippen molar-refractivity contribution in [3.05, 3.63) is 65.8 Å². The summed E-state index contributed by atoms with van der Waals surface area (Å²) in [7, 11) is 1.76. The van der Waals surface area contributed by atoms with Crippen molar-refractivity contribution in [1.82, 2.24) is 24.9 Å². The Kier molecular flexibility index (Phi) is 8.26. The first-order valence-corrected chi connectivity index (χ1v) is 15.9. The van der Waals surface area contributed by atoms with Crippen molar-refractivity contribution >= 4 is 10.9 Å². The number of benzene rings is 1. The van der Waals surface area contributed by atoms with Crippen LogP contribution in [0.25, 0.3) is 10.9 Å². The van der Waals surface area contributed by atoms with Crippen LogP contribution < -0.4 is 5.32 Å². The fourth-order valence-corrected chi connectivity index (χ4v) is 8.07. The van der Waals surface area contributed by atoms with E-state index in [1.807, 2.05) is 0 Å². The molecule has 1 saturated carbocycles. The van der Waals surface area contributed by atoms with Gasteiger partial charge in [0.25, 0.3) is 0 Å². The molecule has 41 heavy (non-hydrogen) atoms. The largest absolute Gasteiger partial charge is 0.375 e. The standard InChI is InChI=1S/C34H47F2N5/c1-22-10-11-28(23(2)37-22)33-29-20-30(35)31(32(36)34(29)39(4)38-33)27-14-16-40(17-15-27)21-25-12-18-41(19-13-25)24(3)26-8-6-5-7-9-26/h20,25-28,37H,1-3,5-19,21H2,4H3. The Balaban J connectivity index is 1.07. The smallest absolute Gasteiger partial charge is 0.155 e. The van der Waals surface area contributed by atoms with Gasteiger partial charge in [-0.25, -0.2) is 8.78 Å². The predicted molar refractivity (Wildman–Crippen MR) is 162 cm³/mol. The first-order valence-electron chi connectivity index (χ1n) is 15.9. The molecule has 1 aromatic carbocycles. The van der Waals surface area contributed by atoms with Crippen LogP contribution >= 0.6 is 0 Å². The Morgan fingerprint density at radius 2 is 1.68 bits per heavy atom. The van der Waals surface area contributed by atoms with Crippen molar-refractivity contribution in [2.24, 2.45) is 18.9 Å². The molecule has 1 atom stereocenters. The summed E-state index contributed by atoms with van der Waals surface area (Å²) >= 11 is 0. The molecule has 0 radical (unpaired) electrons. The molecule has 3 saturated heterocycles. The van der Waals surface area contributed by atoms with Crippen LogP contribution in [-0.4, -0.2) is 52.3 Å². The number of fused-ring (bicyclic) bond motifs is 1. The molecule has 4 heterocycles. The molecule has 5 nitrogen and oxygen atoms in total. The number of piperidine rings is 3. The van der Waals surface area contributed by atoms with E-state index in [-0.39, 0.29) is 17.4 Å². The lowest BCUT2D eigenvalue weighted by Crippen LogP contribution is -2.41. The number of aryl methyl sites for hydroxylation is 1. The van der Waals surface area contributed by atoms with Crippen LogP contribution in [0.2, 0.25) is 0 Å². The first-order chi connectivity index (χ1) is 19.8. The highest BCUT2D eigenvalue weighted by Gasteiger charge is 2.33. The summed E-state index contributed by atoms with van der Waals surface area (Å²) in [5.41, 5.74) is 4.44. The summed E-state index contributed by atoms with van der Waals surface area (Å²) in [4.78, 5) is 5.08. The highest BCUT2D eigenvalue weighted by Crippen LogP contribution is 2.40. The maximum Gasteiger partial charge on any atom is 0.155 e. The van der Waals surface area contributed by atoms with Gasteiger partial charge in [-0.2, -0.15) is 5.10 Å². The SMILES string of the molecule is C=C1CCC(c2nn(C)c3c(F)c(C4CCN(CC5CCN(C(=C)C6CCCCC6)CC5)CC4)c(F)cc23)C(=C)N1. The van der Waals surface area contributed by atoms with E-state index in [2.05, 4.69) is 40.0 Å². The van der Waals surface area contributed by atoms with Gasteiger partial charge in [-0.1, -0.05) is 39.0 Å². The van der Waals surface area contributed by atoms with Gasteiger partial charge in [-0.3, -0.25) is 4.68 Å². The van der Waals surface area contributed by atoms with E-state index in [9.17, 15) is 0 Å². The van der Waals surface area contributed by atoms with Crippen LogP contribution in [0.3, 0.4) is 0 Å². The number of allylic oxidation sites excluding steroid dienone is 3. The number of rotatable bonds is 6. The van der Waals surface area contributed by atoms with Crippen LogP contribution in [0, 0.1) is 23.5 Å². The maximum absolute atomic E-state index is 16.0. The Hall–Kier alpha value is -2.67. The Bertz CT molecular complexity index is 1310. The molecule has 0 amide bonds. The lowest BCUT2D eigenvalue weighted by atomic mass is 9.85. The highest BCUT2D eigenvalue weighted by atomic mass is 19.1. The average molecular weight is 564 g/mol. The van der Waals surface area contributed by atoms with E-state index in [4.69, 9.17) is 0 Å². The predicted octanol–water partition coefficient (Wildman–Crippen LogP) is 7.33. The van der Waals surface area contributed by atoms with Crippen LogP contribution in [0.4, 0.5) is 8.78 Å². The lowest BCUT2D eigenvalue weighted by molar-refractivity contribution is 0.133. The van der Waals surface area contributed by atoms with Crippen molar-refractivity contribution in [1.29, 1.82) is 0 Å². The summed E-state index contributed by atoms with van der Waals surface area (Å²) in [6, 6.07) is 1.52. The summed E-state index contributed by atoms with van der Waals surface area (Å²) < 4.78 is 33.3. The quantitative estimate of drug-likeness (QED) is 0.399. The molecule has 1 N–H and O–H groups in total. The monoisotopic (exact) mass is 563 g/mol. The third-order valence-electron chi connectivity index (χ3n) is 10.5. The van der Waals surface area contributed by atoms with Crippen molar-refractivity contribution in [2.45, 2.75) is 82.5 Å². The number of hydrogen-bond acceptors (Lipinski definition) is 4. The van der Waals surface area contributed by atoms with E-state index >= 15 is 8.78 Å². The molecule has 0 bridgehead atoms. The van der Waals surface area contributed by atoms with Gasteiger partial charge in [0.05, 0.1) is 5.69 Å². The zero-order valence-corrected chi connectivity index (χ0v) is 24.9. The van der Waals surface area contributed by atoms with Gasteiger partial charge in [-0.05, 0) is 88.3 Å². The molecular formula is C34H47F2N5. The van der Waals surface area contributed by atoms with Crippen molar-refractivity contribution in [2.75, 3.05) is 32.7 Å². The summed E-state index contributed by atoms with van der Waals surface area (Å²) in [5.74, 6) is 0.317. The number of nitrogens with one attached hydrogen (secondary N) is 1. The Morgan fingerprint density at radius 1 is 0.976 bits per heavy atom. The second-order valence-corrected chi connectivity index (χ2v) is 13.2. The minimum atomic E-state index is -0.441.